The third-order valence-electron chi connectivity index (χ3n) is 12.8. The average molecular weight is 874 g/mol. The van der Waals surface area contributed by atoms with E-state index >= 15 is 0 Å². The first-order valence-corrected chi connectivity index (χ1v) is 27.6. The third kappa shape index (κ3) is 44.9. The normalized spacial score (nSPS) is 13.3. The molecule has 0 aliphatic rings. The van der Waals surface area contributed by atoms with E-state index in [0.29, 0.717) is 19.3 Å². The molecule has 0 rings (SSSR count). The summed E-state index contributed by atoms with van der Waals surface area (Å²) in [6.07, 6.45) is 58.0. The zero-order valence-corrected chi connectivity index (χ0v) is 41.8. The van der Waals surface area contributed by atoms with Crippen LogP contribution in [0.15, 0.2) is 24.3 Å². The molecule has 0 spiro atoms. The Hall–Kier alpha value is -1.66. The number of aliphatic hydroxyl groups is 2. The highest BCUT2D eigenvalue weighted by atomic mass is 16.5. The number of unbranched alkanes of at least 4 members (excludes halogenated alkanes) is 34. The maximum atomic E-state index is 13.2. The van der Waals surface area contributed by atoms with Crippen molar-refractivity contribution in [1.29, 1.82) is 0 Å². The van der Waals surface area contributed by atoms with Gasteiger partial charge in [-0.3, -0.25) is 9.59 Å². The molecular formula is C56H107NO5. The minimum absolute atomic E-state index is 0.0803. The van der Waals surface area contributed by atoms with E-state index in [1.165, 1.54) is 193 Å². The summed E-state index contributed by atoms with van der Waals surface area (Å²) in [5.41, 5.74) is 0. The first-order chi connectivity index (χ1) is 30.5. The van der Waals surface area contributed by atoms with Crippen molar-refractivity contribution in [3.05, 3.63) is 24.3 Å². The molecule has 6 nitrogen and oxygen atoms in total. The molecule has 1 amide bonds. The van der Waals surface area contributed by atoms with Gasteiger partial charge in [0.25, 0.3) is 0 Å². The van der Waals surface area contributed by atoms with Gasteiger partial charge in [-0.05, 0) is 57.8 Å². The van der Waals surface area contributed by atoms with E-state index in [2.05, 4.69) is 50.4 Å². The molecule has 0 aromatic carbocycles. The first-order valence-electron chi connectivity index (χ1n) is 27.6. The van der Waals surface area contributed by atoms with Crippen LogP contribution in [0.2, 0.25) is 0 Å². The van der Waals surface area contributed by atoms with Crippen molar-refractivity contribution in [1.82, 2.24) is 5.32 Å². The summed E-state index contributed by atoms with van der Waals surface area (Å²) in [7, 11) is 0. The third-order valence-corrected chi connectivity index (χ3v) is 12.8. The molecule has 3 unspecified atom stereocenters. The molecule has 0 heterocycles. The highest BCUT2D eigenvalue weighted by molar-refractivity contribution is 5.77. The highest BCUT2D eigenvalue weighted by Gasteiger charge is 2.24. The number of amides is 1. The summed E-state index contributed by atoms with van der Waals surface area (Å²) in [6, 6.07) is -0.698. The molecule has 0 fully saturated rings. The lowest BCUT2D eigenvalue weighted by Crippen LogP contribution is -2.46. The Morgan fingerprint density at radius 3 is 1.26 bits per heavy atom. The Balaban J connectivity index is 4.52. The van der Waals surface area contributed by atoms with Crippen LogP contribution in [0.25, 0.3) is 0 Å². The molecule has 3 N–H and O–H groups in total. The zero-order chi connectivity index (χ0) is 45.2. The number of allylic oxidation sites excluding steroid dienone is 4. The Kier molecular flexibility index (Phi) is 49.0. The second-order valence-electron chi connectivity index (χ2n) is 19.0. The van der Waals surface area contributed by atoms with Crippen LogP contribution in [0, 0.1) is 0 Å². The molecule has 0 aliphatic carbocycles. The van der Waals surface area contributed by atoms with Gasteiger partial charge in [-0.25, -0.2) is 0 Å². The lowest BCUT2D eigenvalue weighted by molar-refractivity contribution is -0.151. The second-order valence-corrected chi connectivity index (χ2v) is 19.0. The summed E-state index contributed by atoms with van der Waals surface area (Å²) in [5.74, 6) is -0.465. The standard InChI is InChI=1S/C56H107NO5/c1-4-7-10-13-16-19-22-25-26-27-28-31-34-37-40-43-46-49-56(61)62-52(47-44-41-38-35-32-29-23-20-17-14-11-8-5-2)50-55(60)57-53(51-58)54(59)48-45-42-39-36-33-30-24-21-18-15-12-9-6-3/h16,19,25-26,52-54,58-59H,4-15,17-18,20-24,27-51H2,1-3H3,(H,57,60)/b19-16-,26-25-. The van der Waals surface area contributed by atoms with E-state index in [9.17, 15) is 19.8 Å². The minimum atomic E-state index is -0.784. The van der Waals surface area contributed by atoms with Gasteiger partial charge in [0.05, 0.1) is 25.2 Å². The van der Waals surface area contributed by atoms with E-state index in [-0.39, 0.29) is 24.9 Å². The summed E-state index contributed by atoms with van der Waals surface area (Å²) in [5, 5.41) is 23.8. The Bertz CT molecular complexity index is 981. The maximum Gasteiger partial charge on any atom is 0.306 e. The monoisotopic (exact) mass is 874 g/mol. The van der Waals surface area contributed by atoms with Crippen molar-refractivity contribution in [3.63, 3.8) is 0 Å². The number of ether oxygens (including phenoxy) is 1. The zero-order valence-electron chi connectivity index (χ0n) is 41.8. The van der Waals surface area contributed by atoms with Crippen molar-refractivity contribution in [3.8, 4) is 0 Å². The Labute approximate surface area is 386 Å². The van der Waals surface area contributed by atoms with Crippen LogP contribution in [0.5, 0.6) is 0 Å². The van der Waals surface area contributed by atoms with E-state index in [0.717, 1.165) is 57.8 Å². The smallest absolute Gasteiger partial charge is 0.306 e. The van der Waals surface area contributed by atoms with Gasteiger partial charge in [-0.1, -0.05) is 251 Å². The van der Waals surface area contributed by atoms with Crippen molar-refractivity contribution < 1.29 is 24.5 Å². The molecule has 0 saturated heterocycles. The number of carbonyl (C=O) groups excluding carboxylic acids is 2. The van der Waals surface area contributed by atoms with E-state index in [1.54, 1.807) is 0 Å². The number of rotatable bonds is 50. The predicted octanol–water partition coefficient (Wildman–Crippen LogP) is 16.7. The lowest BCUT2D eigenvalue weighted by Gasteiger charge is -2.24. The number of carbonyl (C=O) groups is 2. The van der Waals surface area contributed by atoms with Gasteiger partial charge in [0.15, 0.2) is 0 Å². The molecule has 0 radical (unpaired) electrons. The fourth-order valence-corrected chi connectivity index (χ4v) is 8.58. The molecule has 366 valence electrons. The summed E-state index contributed by atoms with van der Waals surface area (Å²) < 4.78 is 5.95. The number of esters is 1. The highest BCUT2D eigenvalue weighted by Crippen LogP contribution is 2.19. The van der Waals surface area contributed by atoms with Gasteiger partial charge in [-0.15, -0.1) is 0 Å². The van der Waals surface area contributed by atoms with Crippen LogP contribution < -0.4 is 5.32 Å². The van der Waals surface area contributed by atoms with Crippen molar-refractivity contribution in [2.75, 3.05) is 6.61 Å². The molecule has 3 atom stereocenters. The van der Waals surface area contributed by atoms with Crippen LogP contribution in [-0.2, 0) is 14.3 Å². The number of hydrogen-bond donors (Lipinski definition) is 3. The molecule has 62 heavy (non-hydrogen) atoms. The van der Waals surface area contributed by atoms with E-state index < -0.39 is 18.2 Å². The van der Waals surface area contributed by atoms with E-state index in [1.807, 2.05) is 0 Å². The molecule has 0 aromatic rings. The van der Waals surface area contributed by atoms with Crippen LogP contribution in [0.4, 0.5) is 0 Å². The molecule has 6 heteroatoms. The summed E-state index contributed by atoms with van der Waals surface area (Å²) >= 11 is 0. The van der Waals surface area contributed by atoms with E-state index in [4.69, 9.17) is 4.74 Å². The fraction of sp³-hybridized carbons (Fsp3) is 0.893. The number of aliphatic hydroxyl groups excluding tert-OH is 2. The van der Waals surface area contributed by atoms with Crippen LogP contribution in [0.3, 0.4) is 0 Å². The molecular weight excluding hydrogens is 767 g/mol. The summed E-state index contributed by atoms with van der Waals surface area (Å²) in [4.78, 5) is 26.2. The number of nitrogens with one attached hydrogen (secondary N) is 1. The topological polar surface area (TPSA) is 95.9 Å². The van der Waals surface area contributed by atoms with Crippen molar-refractivity contribution in [2.45, 2.75) is 315 Å². The summed E-state index contributed by atoms with van der Waals surface area (Å²) in [6.45, 7) is 6.48. The molecule has 0 saturated carbocycles. The largest absolute Gasteiger partial charge is 0.462 e. The van der Waals surface area contributed by atoms with Crippen molar-refractivity contribution >= 4 is 11.9 Å². The Morgan fingerprint density at radius 2 is 0.823 bits per heavy atom. The fourth-order valence-electron chi connectivity index (χ4n) is 8.58. The van der Waals surface area contributed by atoms with Crippen LogP contribution in [-0.4, -0.2) is 46.9 Å². The van der Waals surface area contributed by atoms with Gasteiger partial charge in [0.1, 0.15) is 6.10 Å². The van der Waals surface area contributed by atoms with Crippen LogP contribution in [0.1, 0.15) is 297 Å². The minimum Gasteiger partial charge on any atom is -0.462 e. The van der Waals surface area contributed by atoms with Gasteiger partial charge >= 0.3 is 5.97 Å². The predicted molar refractivity (Wildman–Crippen MR) is 269 cm³/mol. The van der Waals surface area contributed by atoms with Gasteiger partial charge in [-0.2, -0.15) is 0 Å². The number of hydrogen-bond acceptors (Lipinski definition) is 5. The second kappa shape index (κ2) is 50.3. The molecule has 0 bridgehead atoms. The quantitative estimate of drug-likeness (QED) is 0.0321. The van der Waals surface area contributed by atoms with Gasteiger partial charge in [0.2, 0.25) is 5.91 Å². The van der Waals surface area contributed by atoms with Gasteiger partial charge in [0, 0.05) is 6.42 Å². The molecule has 0 aliphatic heterocycles. The molecule has 0 aromatic heterocycles. The maximum absolute atomic E-state index is 13.2. The Morgan fingerprint density at radius 1 is 0.468 bits per heavy atom. The van der Waals surface area contributed by atoms with Crippen LogP contribution >= 0.6 is 0 Å². The average Bonchev–Trinajstić information content (AvgIpc) is 3.26. The first kappa shape index (κ1) is 60.3. The van der Waals surface area contributed by atoms with Gasteiger partial charge < -0.3 is 20.3 Å². The SMILES string of the molecule is CCCCC/C=C\C/C=C\CCCCCCCCCC(=O)OC(CCCCCCCCCCCCCCC)CC(=O)NC(CO)C(O)CCCCCCCCCCCCCCC. The van der Waals surface area contributed by atoms with Crippen molar-refractivity contribution in [2.24, 2.45) is 0 Å². The lowest BCUT2D eigenvalue weighted by atomic mass is 10.0.